The molecule has 0 aromatic carbocycles. The molecular formula is C7H7NOS. The van der Waals surface area contributed by atoms with Gasteiger partial charge in [-0.25, -0.2) is 0 Å². The van der Waals surface area contributed by atoms with Gasteiger partial charge in [0.2, 0.25) is 0 Å². The van der Waals surface area contributed by atoms with Crippen molar-refractivity contribution in [2.75, 3.05) is 0 Å². The van der Waals surface area contributed by atoms with Crippen molar-refractivity contribution >= 4 is 17.0 Å². The molecule has 0 aromatic rings. The Morgan fingerprint density at radius 2 is 2.20 bits per heavy atom. The quantitative estimate of drug-likeness (QED) is 0.568. The number of hydrogen-bond acceptors (Lipinski definition) is 2. The molecule has 2 unspecified atom stereocenters. The van der Waals surface area contributed by atoms with E-state index in [-0.39, 0.29) is 11.3 Å². The first kappa shape index (κ1) is 6.04. The van der Waals surface area contributed by atoms with E-state index in [0.717, 1.165) is 0 Å². The average molecular weight is 153 g/mol. The second kappa shape index (κ2) is 2.16. The summed E-state index contributed by atoms with van der Waals surface area (Å²) in [6.07, 6.45) is 8.01. The van der Waals surface area contributed by atoms with Crippen LogP contribution in [0.25, 0.3) is 0 Å². The molecule has 2 atom stereocenters. The fourth-order valence-electron chi connectivity index (χ4n) is 1.12. The van der Waals surface area contributed by atoms with Crippen molar-refractivity contribution < 1.29 is 4.79 Å². The van der Waals surface area contributed by atoms with Crippen LogP contribution >= 0.6 is 11.8 Å². The predicted molar refractivity (Wildman–Crippen MR) is 42.0 cm³/mol. The maximum absolute atomic E-state index is 10.8. The lowest BCUT2D eigenvalue weighted by Gasteiger charge is -2.11. The minimum atomic E-state index is 0.0891. The Balaban J connectivity index is 2.22. The summed E-state index contributed by atoms with van der Waals surface area (Å²) in [5, 5.41) is 3.26. The molecule has 0 radical (unpaired) electrons. The summed E-state index contributed by atoms with van der Waals surface area (Å²) >= 11 is 1.36. The van der Waals surface area contributed by atoms with Gasteiger partial charge in [0.1, 0.15) is 0 Å². The Kier molecular flexibility index (Phi) is 1.31. The first-order chi connectivity index (χ1) is 4.86. The lowest BCUT2D eigenvalue weighted by molar-refractivity contribution is 0.261. The van der Waals surface area contributed by atoms with Crippen LogP contribution in [0, 0.1) is 0 Å². The largest absolute Gasteiger partial charge is 0.339 e. The first-order valence-corrected chi connectivity index (χ1v) is 4.06. The standard InChI is InChI=1S/C7H7NOS/c9-7-8-5-3-1-2-4-6(5)10-7/h1-6H,(H,8,9). The fraction of sp³-hybridized carbons (Fsp3) is 0.286. The first-order valence-electron chi connectivity index (χ1n) is 3.18. The third-order valence-corrected chi connectivity index (χ3v) is 2.67. The fourth-order valence-corrected chi connectivity index (χ4v) is 2.05. The van der Waals surface area contributed by atoms with E-state index in [4.69, 9.17) is 0 Å². The van der Waals surface area contributed by atoms with Crippen LogP contribution in [0.3, 0.4) is 0 Å². The van der Waals surface area contributed by atoms with Gasteiger partial charge in [0.15, 0.2) is 0 Å². The molecule has 52 valence electrons. The predicted octanol–water partition coefficient (Wildman–Crippen LogP) is 1.31. The van der Waals surface area contributed by atoms with Crippen LogP contribution in [-0.4, -0.2) is 16.5 Å². The molecule has 1 amide bonds. The van der Waals surface area contributed by atoms with Gasteiger partial charge in [0.25, 0.3) is 5.24 Å². The zero-order chi connectivity index (χ0) is 6.97. The Morgan fingerprint density at radius 3 is 3.00 bits per heavy atom. The van der Waals surface area contributed by atoms with Gasteiger partial charge in [-0.05, 0) is 0 Å². The Bertz CT molecular complexity index is 200. The highest BCUT2D eigenvalue weighted by molar-refractivity contribution is 8.14. The average Bonchev–Trinajstić information content (AvgIpc) is 2.27. The number of carbonyl (C=O) groups is 1. The molecular weight excluding hydrogens is 146 g/mol. The van der Waals surface area contributed by atoms with E-state index in [1.54, 1.807) is 0 Å². The number of carbonyl (C=O) groups excluding carboxylic acids is 1. The van der Waals surface area contributed by atoms with Crippen molar-refractivity contribution in [2.45, 2.75) is 11.3 Å². The van der Waals surface area contributed by atoms with Gasteiger partial charge < -0.3 is 5.32 Å². The summed E-state index contributed by atoms with van der Waals surface area (Å²) < 4.78 is 0. The molecule has 2 aliphatic rings. The number of hydrogen-bond donors (Lipinski definition) is 1. The molecule has 1 aliphatic carbocycles. The molecule has 1 heterocycles. The van der Waals surface area contributed by atoms with Crippen molar-refractivity contribution in [3.05, 3.63) is 24.3 Å². The van der Waals surface area contributed by atoms with E-state index in [1.807, 2.05) is 24.3 Å². The Labute approximate surface area is 63.4 Å². The van der Waals surface area contributed by atoms with Crippen LogP contribution < -0.4 is 5.32 Å². The molecule has 1 fully saturated rings. The molecule has 0 aromatic heterocycles. The SMILES string of the molecule is O=C1NC2C=CC=CC2S1. The van der Waals surface area contributed by atoms with Gasteiger partial charge in [0.05, 0.1) is 11.3 Å². The monoisotopic (exact) mass is 153 g/mol. The van der Waals surface area contributed by atoms with Crippen LogP contribution in [-0.2, 0) is 0 Å². The van der Waals surface area contributed by atoms with Crippen LogP contribution in [0.5, 0.6) is 0 Å². The number of rotatable bonds is 0. The van der Waals surface area contributed by atoms with Gasteiger partial charge in [-0.3, -0.25) is 4.79 Å². The van der Waals surface area contributed by atoms with Crippen LogP contribution in [0.4, 0.5) is 4.79 Å². The highest BCUT2D eigenvalue weighted by Gasteiger charge is 2.30. The van der Waals surface area contributed by atoms with E-state index in [2.05, 4.69) is 5.32 Å². The van der Waals surface area contributed by atoms with Crippen molar-refractivity contribution in [3.63, 3.8) is 0 Å². The highest BCUT2D eigenvalue weighted by Crippen LogP contribution is 2.26. The summed E-state index contributed by atoms with van der Waals surface area (Å²) in [4.78, 5) is 10.8. The van der Waals surface area contributed by atoms with Crippen molar-refractivity contribution in [1.82, 2.24) is 5.32 Å². The summed E-state index contributed by atoms with van der Waals surface area (Å²) in [7, 11) is 0. The molecule has 2 nitrogen and oxygen atoms in total. The number of fused-ring (bicyclic) bond motifs is 1. The second-order valence-electron chi connectivity index (χ2n) is 2.31. The van der Waals surface area contributed by atoms with Crippen LogP contribution in [0.1, 0.15) is 0 Å². The molecule has 1 saturated heterocycles. The zero-order valence-electron chi connectivity index (χ0n) is 5.28. The maximum atomic E-state index is 10.8. The summed E-state index contributed by atoms with van der Waals surface area (Å²) in [6.45, 7) is 0. The molecule has 1 N–H and O–H groups in total. The van der Waals surface area contributed by atoms with Gasteiger partial charge >= 0.3 is 0 Å². The lowest BCUT2D eigenvalue weighted by Crippen LogP contribution is -2.28. The Morgan fingerprint density at radius 1 is 1.40 bits per heavy atom. The van der Waals surface area contributed by atoms with Gasteiger partial charge in [-0.2, -0.15) is 0 Å². The van der Waals surface area contributed by atoms with E-state index < -0.39 is 0 Å². The van der Waals surface area contributed by atoms with E-state index in [1.165, 1.54) is 11.8 Å². The normalized spacial score (nSPS) is 35.8. The Hall–Kier alpha value is -0.700. The molecule has 0 saturated carbocycles. The highest BCUT2D eigenvalue weighted by atomic mass is 32.2. The molecule has 0 bridgehead atoms. The number of thioether (sulfide) groups is 1. The van der Waals surface area contributed by atoms with Crippen molar-refractivity contribution in [2.24, 2.45) is 0 Å². The molecule has 1 aliphatic heterocycles. The van der Waals surface area contributed by atoms with E-state index in [0.29, 0.717) is 5.25 Å². The van der Waals surface area contributed by atoms with Crippen molar-refractivity contribution in [1.29, 1.82) is 0 Å². The summed E-state index contributed by atoms with van der Waals surface area (Å²) in [5.41, 5.74) is 0. The topological polar surface area (TPSA) is 29.1 Å². The minimum absolute atomic E-state index is 0.0891. The third kappa shape index (κ3) is 0.865. The second-order valence-corrected chi connectivity index (χ2v) is 3.46. The van der Waals surface area contributed by atoms with E-state index >= 15 is 0 Å². The summed E-state index contributed by atoms with van der Waals surface area (Å²) in [5.74, 6) is 0. The number of nitrogens with one attached hydrogen (secondary N) is 1. The summed E-state index contributed by atoms with van der Waals surface area (Å²) in [6, 6.07) is 0.238. The maximum Gasteiger partial charge on any atom is 0.280 e. The van der Waals surface area contributed by atoms with Crippen LogP contribution in [0.2, 0.25) is 0 Å². The van der Waals surface area contributed by atoms with E-state index in [9.17, 15) is 4.79 Å². The number of allylic oxidation sites excluding steroid dienone is 2. The van der Waals surface area contributed by atoms with Gasteiger partial charge in [-0.1, -0.05) is 36.1 Å². The molecule has 10 heavy (non-hydrogen) atoms. The molecule has 3 heteroatoms. The zero-order valence-corrected chi connectivity index (χ0v) is 6.10. The molecule has 2 rings (SSSR count). The minimum Gasteiger partial charge on any atom is -0.339 e. The van der Waals surface area contributed by atoms with Gasteiger partial charge in [0, 0.05) is 0 Å². The lowest BCUT2D eigenvalue weighted by atomic mass is 10.1. The van der Waals surface area contributed by atoms with Crippen LogP contribution in [0.15, 0.2) is 24.3 Å². The molecule has 0 spiro atoms. The smallest absolute Gasteiger partial charge is 0.280 e. The van der Waals surface area contributed by atoms with Crippen molar-refractivity contribution in [3.8, 4) is 0 Å². The van der Waals surface area contributed by atoms with Gasteiger partial charge in [-0.15, -0.1) is 0 Å². The number of amides is 1. The third-order valence-electron chi connectivity index (χ3n) is 1.61.